The number of benzene rings is 1. The van der Waals surface area contributed by atoms with Gasteiger partial charge in [-0.15, -0.1) is 0 Å². The van der Waals surface area contributed by atoms with Crippen LogP contribution in [0, 0.1) is 11.8 Å². The highest BCUT2D eigenvalue weighted by atomic mass is 32.2. The minimum atomic E-state index is -3.62. The van der Waals surface area contributed by atoms with Crippen molar-refractivity contribution in [2.75, 3.05) is 18.0 Å². The third-order valence-corrected chi connectivity index (χ3v) is 8.79. The fraction of sp³-hybridized carbons (Fsp3) is 0.652. The Morgan fingerprint density at radius 1 is 1.13 bits per heavy atom. The molecule has 1 aromatic carbocycles. The first kappa shape index (κ1) is 22.3. The van der Waals surface area contributed by atoms with Crippen LogP contribution < -0.4 is 10.2 Å². The normalized spacial score (nSPS) is 23.5. The van der Waals surface area contributed by atoms with Crippen LogP contribution in [0.5, 0.6) is 0 Å². The lowest BCUT2D eigenvalue weighted by atomic mass is 9.97. The van der Waals surface area contributed by atoms with Crippen molar-refractivity contribution in [1.82, 2.24) is 9.62 Å². The van der Waals surface area contributed by atoms with E-state index in [0.717, 1.165) is 30.5 Å². The molecule has 7 nitrogen and oxygen atoms in total. The summed E-state index contributed by atoms with van der Waals surface area (Å²) < 4.78 is 28.0. The van der Waals surface area contributed by atoms with E-state index in [1.807, 2.05) is 25.7 Å². The van der Waals surface area contributed by atoms with Crippen LogP contribution in [0.4, 0.5) is 5.69 Å². The molecule has 0 bridgehead atoms. The van der Waals surface area contributed by atoms with Crippen LogP contribution in [0.3, 0.4) is 0 Å². The molecule has 4 rings (SSSR count). The SMILES string of the molecule is CCC(C)NC(=O)C1CCN(S(=O)(=O)c2ccc3c(c2)CC(C)N3C(=O)C2CC2)CC1. The Morgan fingerprint density at radius 3 is 2.42 bits per heavy atom. The van der Waals surface area contributed by atoms with E-state index in [9.17, 15) is 18.0 Å². The second-order valence-electron chi connectivity index (χ2n) is 9.32. The molecular weight excluding hydrogens is 414 g/mol. The number of piperidine rings is 1. The average Bonchev–Trinajstić information content (AvgIpc) is 3.55. The summed E-state index contributed by atoms with van der Waals surface area (Å²) in [4.78, 5) is 27.2. The number of hydrogen-bond donors (Lipinski definition) is 1. The summed E-state index contributed by atoms with van der Waals surface area (Å²) in [5.41, 5.74) is 1.77. The standard InChI is InChI=1S/C23H33N3O4S/c1-4-15(2)24-22(27)17-9-11-25(12-10-17)31(29,30)20-7-8-21-19(14-20)13-16(3)26(21)23(28)18-5-6-18/h7-8,14-18H,4-6,9-13H2,1-3H3,(H,24,27). The lowest BCUT2D eigenvalue weighted by Gasteiger charge is -2.31. The van der Waals surface area contributed by atoms with Crippen molar-refractivity contribution in [2.24, 2.45) is 11.8 Å². The van der Waals surface area contributed by atoms with Crippen LogP contribution in [0.1, 0.15) is 58.4 Å². The molecule has 2 fully saturated rings. The molecule has 8 heteroatoms. The number of carbonyl (C=O) groups is 2. The largest absolute Gasteiger partial charge is 0.353 e. The summed E-state index contributed by atoms with van der Waals surface area (Å²) in [6.07, 6.45) is 4.53. The molecule has 0 aromatic heterocycles. The monoisotopic (exact) mass is 447 g/mol. The molecule has 0 spiro atoms. The number of nitrogens with zero attached hydrogens (tertiary/aromatic N) is 2. The second kappa shape index (κ2) is 8.54. The van der Waals surface area contributed by atoms with Crippen molar-refractivity contribution in [2.45, 2.75) is 76.3 Å². The molecule has 1 aromatic rings. The highest BCUT2D eigenvalue weighted by Gasteiger charge is 2.40. The summed E-state index contributed by atoms with van der Waals surface area (Å²) in [7, 11) is -3.62. The maximum Gasteiger partial charge on any atom is 0.243 e. The molecule has 3 aliphatic rings. The van der Waals surface area contributed by atoms with Crippen LogP contribution in [-0.4, -0.2) is 49.7 Å². The maximum absolute atomic E-state index is 13.2. The third-order valence-electron chi connectivity index (χ3n) is 6.89. The first-order valence-corrected chi connectivity index (χ1v) is 12.9. The van der Waals surface area contributed by atoms with Gasteiger partial charge >= 0.3 is 0 Å². The minimum absolute atomic E-state index is 0.0262. The summed E-state index contributed by atoms with van der Waals surface area (Å²) in [5.74, 6) is 0.192. The van der Waals surface area contributed by atoms with Crippen molar-refractivity contribution in [1.29, 1.82) is 0 Å². The Morgan fingerprint density at radius 2 is 1.81 bits per heavy atom. The lowest BCUT2D eigenvalue weighted by Crippen LogP contribution is -2.44. The van der Waals surface area contributed by atoms with Crippen LogP contribution in [0.2, 0.25) is 0 Å². The number of rotatable bonds is 6. The molecule has 2 heterocycles. The molecule has 31 heavy (non-hydrogen) atoms. The Labute approximate surface area is 185 Å². The molecule has 1 N–H and O–H groups in total. The molecule has 1 aliphatic carbocycles. The van der Waals surface area contributed by atoms with E-state index < -0.39 is 10.0 Å². The van der Waals surface area contributed by atoms with Crippen LogP contribution in [-0.2, 0) is 26.0 Å². The summed E-state index contributed by atoms with van der Waals surface area (Å²) in [6.45, 7) is 6.72. The zero-order valence-electron chi connectivity index (χ0n) is 18.6. The molecule has 1 saturated heterocycles. The van der Waals surface area contributed by atoms with E-state index in [1.54, 1.807) is 18.2 Å². The van der Waals surface area contributed by atoms with Crippen molar-refractivity contribution in [3.63, 3.8) is 0 Å². The van der Waals surface area contributed by atoms with Gasteiger partial charge in [0.25, 0.3) is 0 Å². The van der Waals surface area contributed by atoms with E-state index in [1.165, 1.54) is 4.31 Å². The van der Waals surface area contributed by atoms with Gasteiger partial charge in [0.2, 0.25) is 21.8 Å². The van der Waals surface area contributed by atoms with Gasteiger partial charge in [-0.05, 0) is 76.1 Å². The fourth-order valence-electron chi connectivity index (χ4n) is 4.60. The highest BCUT2D eigenvalue weighted by Crippen LogP contribution is 2.40. The van der Waals surface area contributed by atoms with Crippen molar-refractivity contribution < 1.29 is 18.0 Å². The molecule has 2 aliphatic heterocycles. The topological polar surface area (TPSA) is 86.8 Å². The molecule has 2 unspecified atom stereocenters. The fourth-order valence-corrected chi connectivity index (χ4v) is 6.12. The molecule has 2 amide bonds. The predicted octanol–water partition coefficient (Wildman–Crippen LogP) is 2.69. The Balaban J connectivity index is 1.45. The highest BCUT2D eigenvalue weighted by molar-refractivity contribution is 7.89. The molecule has 0 radical (unpaired) electrons. The van der Waals surface area contributed by atoms with Gasteiger partial charge in [-0.1, -0.05) is 6.92 Å². The quantitative estimate of drug-likeness (QED) is 0.726. The molecule has 1 saturated carbocycles. The van der Waals surface area contributed by atoms with Crippen molar-refractivity contribution in [3.05, 3.63) is 23.8 Å². The van der Waals surface area contributed by atoms with Crippen molar-refractivity contribution in [3.8, 4) is 0 Å². The van der Waals surface area contributed by atoms with Crippen molar-refractivity contribution >= 4 is 27.5 Å². The number of hydrogen-bond acceptors (Lipinski definition) is 4. The number of nitrogens with one attached hydrogen (secondary N) is 1. The first-order valence-electron chi connectivity index (χ1n) is 11.5. The van der Waals surface area contributed by atoms with Gasteiger partial charge in [0.1, 0.15) is 0 Å². The van der Waals surface area contributed by atoms with Gasteiger partial charge in [-0.2, -0.15) is 4.31 Å². The molecule has 170 valence electrons. The summed E-state index contributed by atoms with van der Waals surface area (Å²) >= 11 is 0. The van der Waals surface area contributed by atoms with Gasteiger partial charge in [0.15, 0.2) is 0 Å². The summed E-state index contributed by atoms with van der Waals surface area (Å²) in [6, 6.07) is 5.35. The second-order valence-corrected chi connectivity index (χ2v) is 11.3. The molecule has 2 atom stereocenters. The Kier molecular flexibility index (Phi) is 6.14. The number of anilines is 1. The van der Waals surface area contributed by atoms with Gasteiger partial charge in [-0.25, -0.2) is 8.42 Å². The van der Waals surface area contributed by atoms with E-state index in [2.05, 4.69) is 5.32 Å². The first-order chi connectivity index (χ1) is 14.7. The Hall–Kier alpha value is -1.93. The van der Waals surface area contributed by atoms with Crippen LogP contribution in [0.25, 0.3) is 0 Å². The van der Waals surface area contributed by atoms with E-state index in [0.29, 0.717) is 32.4 Å². The predicted molar refractivity (Wildman–Crippen MR) is 119 cm³/mol. The summed E-state index contributed by atoms with van der Waals surface area (Å²) in [5, 5.41) is 3.00. The van der Waals surface area contributed by atoms with Gasteiger partial charge in [-0.3, -0.25) is 9.59 Å². The Bertz CT molecular complexity index is 965. The molecular formula is C23H33N3O4S. The minimum Gasteiger partial charge on any atom is -0.353 e. The van der Waals surface area contributed by atoms with Gasteiger partial charge in [0, 0.05) is 42.7 Å². The van der Waals surface area contributed by atoms with E-state index >= 15 is 0 Å². The van der Waals surface area contributed by atoms with Crippen LogP contribution >= 0.6 is 0 Å². The maximum atomic E-state index is 13.2. The number of amides is 2. The zero-order chi connectivity index (χ0) is 22.3. The lowest BCUT2D eigenvalue weighted by molar-refractivity contribution is -0.126. The van der Waals surface area contributed by atoms with E-state index in [4.69, 9.17) is 0 Å². The smallest absolute Gasteiger partial charge is 0.243 e. The third kappa shape index (κ3) is 4.37. The number of sulfonamides is 1. The van der Waals surface area contributed by atoms with Gasteiger partial charge < -0.3 is 10.2 Å². The average molecular weight is 448 g/mol. The van der Waals surface area contributed by atoms with E-state index in [-0.39, 0.29) is 40.6 Å². The number of carbonyl (C=O) groups excluding carboxylic acids is 2. The van der Waals surface area contributed by atoms with Gasteiger partial charge in [0.05, 0.1) is 4.90 Å². The number of fused-ring (bicyclic) bond motifs is 1. The zero-order valence-corrected chi connectivity index (χ0v) is 19.5. The van der Waals surface area contributed by atoms with Crippen LogP contribution in [0.15, 0.2) is 23.1 Å².